The van der Waals surface area contributed by atoms with Crippen LogP contribution in [0.5, 0.6) is 0 Å². The Morgan fingerprint density at radius 3 is 3.00 bits per heavy atom. The van der Waals surface area contributed by atoms with Crippen molar-refractivity contribution in [2.75, 3.05) is 6.54 Å². The van der Waals surface area contributed by atoms with E-state index in [0.29, 0.717) is 11.9 Å². The smallest absolute Gasteiger partial charge is 0.225 e. The molecule has 1 fully saturated rings. The highest BCUT2D eigenvalue weighted by Gasteiger charge is 2.40. The highest BCUT2D eigenvalue weighted by molar-refractivity contribution is 5.84. The van der Waals surface area contributed by atoms with Gasteiger partial charge in [0.15, 0.2) is 0 Å². The van der Waals surface area contributed by atoms with Crippen molar-refractivity contribution in [1.29, 1.82) is 0 Å². The average Bonchev–Trinajstić information content (AvgIpc) is 2.16. The van der Waals surface area contributed by atoms with Crippen LogP contribution in [-0.2, 0) is 11.2 Å². The van der Waals surface area contributed by atoms with Crippen LogP contribution in [0.4, 0.5) is 0 Å². The number of carbonyl (C=O) groups is 1. The lowest BCUT2D eigenvalue weighted by atomic mass is 9.85. The lowest BCUT2D eigenvalue weighted by Gasteiger charge is -2.45. The third kappa shape index (κ3) is 0.857. The van der Waals surface area contributed by atoms with Gasteiger partial charge < -0.3 is 4.90 Å². The molecule has 0 unspecified atom stereocenters. The molecule has 1 aromatic carbocycles. The normalized spacial score (nSPS) is 24.8. The van der Waals surface area contributed by atoms with Crippen molar-refractivity contribution in [3.8, 4) is 0 Å². The highest BCUT2D eigenvalue weighted by atomic mass is 16.2. The molecular formula is C11H11NO. The quantitative estimate of drug-likeness (QED) is 0.545. The van der Waals surface area contributed by atoms with Gasteiger partial charge in [-0.25, -0.2) is 0 Å². The number of hydrogen-bond donors (Lipinski definition) is 0. The van der Waals surface area contributed by atoms with E-state index in [1.165, 1.54) is 11.1 Å². The SMILES string of the molecule is O=C1C[C@@H]2c3ccccc3CCN12. The van der Waals surface area contributed by atoms with Crippen molar-refractivity contribution < 1.29 is 4.79 Å². The van der Waals surface area contributed by atoms with Crippen LogP contribution in [0.3, 0.4) is 0 Å². The number of benzene rings is 1. The Kier molecular flexibility index (Phi) is 1.29. The van der Waals surface area contributed by atoms with Crippen molar-refractivity contribution in [2.45, 2.75) is 18.9 Å². The topological polar surface area (TPSA) is 20.3 Å². The van der Waals surface area contributed by atoms with Gasteiger partial charge in [-0.15, -0.1) is 0 Å². The molecule has 0 bridgehead atoms. The maximum atomic E-state index is 11.2. The van der Waals surface area contributed by atoms with E-state index in [0.717, 1.165) is 19.4 Å². The van der Waals surface area contributed by atoms with Crippen LogP contribution in [-0.4, -0.2) is 17.4 Å². The fraction of sp³-hybridized carbons (Fsp3) is 0.364. The zero-order valence-corrected chi connectivity index (χ0v) is 7.36. The Hall–Kier alpha value is -1.31. The first kappa shape index (κ1) is 7.13. The van der Waals surface area contributed by atoms with Crippen LogP contribution in [0.1, 0.15) is 23.6 Å². The summed E-state index contributed by atoms with van der Waals surface area (Å²) in [6.07, 6.45) is 1.75. The molecule has 1 amide bonds. The summed E-state index contributed by atoms with van der Waals surface area (Å²) in [5, 5.41) is 0. The fourth-order valence-electron chi connectivity index (χ4n) is 2.34. The zero-order valence-electron chi connectivity index (χ0n) is 7.36. The molecule has 1 atom stereocenters. The van der Waals surface area contributed by atoms with E-state index in [9.17, 15) is 4.79 Å². The summed E-state index contributed by atoms with van der Waals surface area (Å²) in [5.41, 5.74) is 2.80. The summed E-state index contributed by atoms with van der Waals surface area (Å²) in [4.78, 5) is 13.2. The molecule has 2 heteroatoms. The Labute approximate surface area is 77.2 Å². The molecule has 3 rings (SSSR count). The zero-order chi connectivity index (χ0) is 8.84. The Bertz CT molecular complexity index is 372. The maximum Gasteiger partial charge on any atom is 0.225 e. The summed E-state index contributed by atoms with van der Waals surface area (Å²) >= 11 is 0. The van der Waals surface area contributed by atoms with Gasteiger partial charge >= 0.3 is 0 Å². The highest BCUT2D eigenvalue weighted by Crippen LogP contribution is 2.39. The molecule has 2 nitrogen and oxygen atoms in total. The van der Waals surface area contributed by atoms with E-state index in [-0.39, 0.29) is 0 Å². The van der Waals surface area contributed by atoms with Crippen LogP contribution >= 0.6 is 0 Å². The van der Waals surface area contributed by atoms with Gasteiger partial charge in [-0.3, -0.25) is 4.79 Å². The van der Waals surface area contributed by atoms with E-state index in [1.807, 2.05) is 4.90 Å². The Morgan fingerprint density at radius 2 is 2.15 bits per heavy atom. The van der Waals surface area contributed by atoms with Gasteiger partial charge in [0, 0.05) is 6.54 Å². The molecule has 2 heterocycles. The summed E-state index contributed by atoms with van der Waals surface area (Å²) < 4.78 is 0. The van der Waals surface area contributed by atoms with Crippen LogP contribution in [0.15, 0.2) is 24.3 Å². The number of rotatable bonds is 0. The van der Waals surface area contributed by atoms with E-state index < -0.39 is 0 Å². The number of hydrogen-bond acceptors (Lipinski definition) is 1. The maximum absolute atomic E-state index is 11.2. The standard InChI is InChI=1S/C11H11NO/c13-11-7-10-9-4-2-1-3-8(9)5-6-12(10)11/h1-4,10H,5-7H2/t10-/m1/s1. The third-order valence-corrected chi connectivity index (χ3v) is 3.10. The van der Waals surface area contributed by atoms with Gasteiger partial charge in [0.2, 0.25) is 5.91 Å². The molecule has 0 radical (unpaired) electrons. The van der Waals surface area contributed by atoms with Crippen LogP contribution in [0, 0.1) is 0 Å². The molecule has 0 N–H and O–H groups in total. The van der Waals surface area contributed by atoms with Crippen molar-refractivity contribution in [2.24, 2.45) is 0 Å². The second-order valence-corrected chi connectivity index (χ2v) is 3.76. The minimum atomic E-state index is 0.319. The van der Waals surface area contributed by atoms with E-state index in [2.05, 4.69) is 24.3 Å². The summed E-state index contributed by atoms with van der Waals surface area (Å²) in [7, 11) is 0. The van der Waals surface area contributed by atoms with Crippen molar-refractivity contribution >= 4 is 5.91 Å². The molecule has 0 spiro atoms. The molecule has 13 heavy (non-hydrogen) atoms. The molecule has 0 saturated carbocycles. The lowest BCUT2D eigenvalue weighted by molar-refractivity contribution is -0.147. The van der Waals surface area contributed by atoms with Crippen LogP contribution < -0.4 is 0 Å². The lowest BCUT2D eigenvalue weighted by Crippen LogP contribution is -2.49. The summed E-state index contributed by atoms with van der Waals surface area (Å²) in [5.74, 6) is 0.319. The fourth-order valence-corrected chi connectivity index (χ4v) is 2.34. The number of amides is 1. The van der Waals surface area contributed by atoms with Crippen molar-refractivity contribution in [3.05, 3.63) is 35.4 Å². The van der Waals surface area contributed by atoms with Gasteiger partial charge in [-0.2, -0.15) is 0 Å². The monoisotopic (exact) mass is 173 g/mol. The molecule has 0 aliphatic carbocycles. The van der Waals surface area contributed by atoms with Gasteiger partial charge in [0.25, 0.3) is 0 Å². The minimum Gasteiger partial charge on any atom is -0.335 e. The predicted octanol–water partition coefficient (Wildman–Crippen LogP) is 1.52. The predicted molar refractivity (Wildman–Crippen MR) is 49.2 cm³/mol. The second-order valence-electron chi connectivity index (χ2n) is 3.76. The molecule has 1 aromatic rings. The summed E-state index contributed by atoms with van der Waals surface area (Å²) in [6, 6.07) is 8.87. The van der Waals surface area contributed by atoms with E-state index in [4.69, 9.17) is 0 Å². The first-order valence-electron chi connectivity index (χ1n) is 4.73. The molecule has 2 aliphatic heterocycles. The largest absolute Gasteiger partial charge is 0.335 e. The molecule has 1 saturated heterocycles. The van der Waals surface area contributed by atoms with Gasteiger partial charge in [0.1, 0.15) is 0 Å². The number of nitrogens with zero attached hydrogens (tertiary/aromatic N) is 1. The van der Waals surface area contributed by atoms with Crippen LogP contribution in [0.2, 0.25) is 0 Å². The third-order valence-electron chi connectivity index (χ3n) is 3.10. The molecule has 66 valence electrons. The summed E-state index contributed by atoms with van der Waals surface area (Å²) in [6.45, 7) is 0.917. The first-order valence-corrected chi connectivity index (χ1v) is 4.73. The van der Waals surface area contributed by atoms with Gasteiger partial charge in [-0.05, 0) is 17.5 Å². The number of carbonyl (C=O) groups excluding carboxylic acids is 1. The van der Waals surface area contributed by atoms with Crippen LogP contribution in [0.25, 0.3) is 0 Å². The molecule has 0 aromatic heterocycles. The van der Waals surface area contributed by atoms with E-state index in [1.54, 1.807) is 0 Å². The van der Waals surface area contributed by atoms with Gasteiger partial charge in [0.05, 0.1) is 12.5 Å². The Balaban J connectivity index is 2.05. The molecular weight excluding hydrogens is 162 g/mol. The van der Waals surface area contributed by atoms with E-state index >= 15 is 0 Å². The van der Waals surface area contributed by atoms with Crippen molar-refractivity contribution in [1.82, 2.24) is 4.90 Å². The molecule has 2 aliphatic rings. The first-order chi connectivity index (χ1) is 6.36. The number of fused-ring (bicyclic) bond motifs is 3. The number of β-lactam (4-membered cyclic amide) rings is 1. The average molecular weight is 173 g/mol. The second kappa shape index (κ2) is 2.34. The van der Waals surface area contributed by atoms with Crippen molar-refractivity contribution in [3.63, 3.8) is 0 Å². The minimum absolute atomic E-state index is 0.319. The Morgan fingerprint density at radius 1 is 1.31 bits per heavy atom. The van der Waals surface area contributed by atoms with Gasteiger partial charge in [-0.1, -0.05) is 24.3 Å².